The van der Waals surface area contributed by atoms with Crippen LogP contribution in [0.5, 0.6) is 0 Å². The molecule has 19 heavy (non-hydrogen) atoms. The van der Waals surface area contributed by atoms with E-state index < -0.39 is 0 Å². The molecule has 0 bridgehead atoms. The number of aromatic nitrogens is 2. The molecule has 1 fully saturated rings. The van der Waals surface area contributed by atoms with Crippen LogP contribution in [0.2, 0.25) is 0 Å². The highest BCUT2D eigenvalue weighted by molar-refractivity contribution is 9.11. The zero-order chi connectivity index (χ0) is 13.1. The van der Waals surface area contributed by atoms with Gasteiger partial charge in [-0.05, 0) is 53.9 Å². The lowest BCUT2D eigenvalue weighted by molar-refractivity contribution is 0.343. The normalized spacial score (nSPS) is 19.7. The number of thiophene rings is 1. The smallest absolute Gasteiger partial charge is 0.227 e. The molecule has 2 aromatic heterocycles. The lowest BCUT2D eigenvalue weighted by Gasteiger charge is -2.22. The van der Waals surface area contributed by atoms with Crippen molar-refractivity contribution in [1.29, 1.82) is 0 Å². The van der Waals surface area contributed by atoms with Crippen LogP contribution in [0.25, 0.3) is 10.7 Å². The third-order valence-electron chi connectivity index (χ3n) is 3.38. The summed E-state index contributed by atoms with van der Waals surface area (Å²) in [5.74, 6) is 1.44. The number of hydrogen-bond donors (Lipinski definition) is 1. The number of nitrogens with one attached hydrogen (secondary N) is 1. The highest BCUT2D eigenvalue weighted by atomic mass is 79.9. The highest BCUT2D eigenvalue weighted by Gasteiger charge is 2.15. The summed E-state index contributed by atoms with van der Waals surface area (Å²) in [6, 6.07) is 4.62. The van der Waals surface area contributed by atoms with Gasteiger partial charge in [-0.15, -0.1) is 11.3 Å². The van der Waals surface area contributed by atoms with Crippen molar-refractivity contribution in [3.8, 4) is 10.7 Å². The molecule has 1 aliphatic heterocycles. The zero-order valence-electron chi connectivity index (χ0n) is 10.6. The Kier molecular flexibility index (Phi) is 4.30. The van der Waals surface area contributed by atoms with Gasteiger partial charge in [0.05, 0.1) is 8.66 Å². The molecule has 0 spiro atoms. The van der Waals surface area contributed by atoms with E-state index in [0.29, 0.717) is 11.9 Å². The molecule has 1 atom stereocenters. The van der Waals surface area contributed by atoms with Crippen LogP contribution < -0.4 is 5.32 Å². The SMILES string of the molecule is Brc1ccc(-c2noc(CCC3CCCCN3)n2)s1. The quantitative estimate of drug-likeness (QED) is 0.922. The van der Waals surface area contributed by atoms with Gasteiger partial charge < -0.3 is 9.84 Å². The first-order chi connectivity index (χ1) is 9.31. The van der Waals surface area contributed by atoms with E-state index >= 15 is 0 Å². The van der Waals surface area contributed by atoms with Gasteiger partial charge in [-0.25, -0.2) is 0 Å². The van der Waals surface area contributed by atoms with Gasteiger partial charge in [0.15, 0.2) is 0 Å². The predicted molar refractivity (Wildman–Crippen MR) is 79.3 cm³/mol. The molecule has 1 unspecified atom stereocenters. The van der Waals surface area contributed by atoms with Crippen molar-refractivity contribution in [3.63, 3.8) is 0 Å². The minimum absolute atomic E-state index is 0.611. The van der Waals surface area contributed by atoms with E-state index in [9.17, 15) is 0 Å². The van der Waals surface area contributed by atoms with Gasteiger partial charge in [-0.1, -0.05) is 11.6 Å². The minimum atomic E-state index is 0.611. The van der Waals surface area contributed by atoms with Gasteiger partial charge in [0.1, 0.15) is 0 Å². The molecule has 3 heterocycles. The van der Waals surface area contributed by atoms with Gasteiger partial charge >= 0.3 is 0 Å². The number of aryl methyl sites for hydroxylation is 1. The molecule has 0 saturated carbocycles. The van der Waals surface area contributed by atoms with Crippen LogP contribution >= 0.6 is 27.3 Å². The molecule has 6 heteroatoms. The van der Waals surface area contributed by atoms with Crippen molar-refractivity contribution < 1.29 is 4.52 Å². The Balaban J connectivity index is 1.58. The summed E-state index contributed by atoms with van der Waals surface area (Å²) in [5, 5.41) is 7.58. The molecule has 1 N–H and O–H groups in total. The minimum Gasteiger partial charge on any atom is -0.339 e. The van der Waals surface area contributed by atoms with Crippen LogP contribution in [0.15, 0.2) is 20.4 Å². The van der Waals surface area contributed by atoms with Gasteiger partial charge in [0.2, 0.25) is 11.7 Å². The second-order valence-electron chi connectivity index (χ2n) is 4.80. The number of halogens is 1. The average Bonchev–Trinajstić information content (AvgIpc) is 3.06. The fourth-order valence-corrected chi connectivity index (χ4v) is 3.67. The number of rotatable bonds is 4. The molecule has 1 aliphatic rings. The fraction of sp³-hybridized carbons (Fsp3) is 0.538. The van der Waals surface area contributed by atoms with Gasteiger partial charge in [-0.3, -0.25) is 0 Å². The van der Waals surface area contributed by atoms with E-state index in [4.69, 9.17) is 4.52 Å². The Labute approximate surface area is 124 Å². The molecule has 2 aromatic rings. The lowest BCUT2D eigenvalue weighted by Crippen LogP contribution is -2.34. The number of piperidine rings is 1. The molecule has 3 rings (SSSR count). The summed E-state index contributed by atoms with van der Waals surface area (Å²) < 4.78 is 6.41. The van der Waals surface area contributed by atoms with Crippen molar-refractivity contribution in [2.24, 2.45) is 0 Å². The summed E-state index contributed by atoms with van der Waals surface area (Å²) in [5.41, 5.74) is 0. The summed E-state index contributed by atoms with van der Waals surface area (Å²) in [6.45, 7) is 1.14. The van der Waals surface area contributed by atoms with E-state index in [2.05, 4.69) is 31.4 Å². The molecule has 4 nitrogen and oxygen atoms in total. The Morgan fingerprint density at radius 2 is 2.37 bits per heavy atom. The van der Waals surface area contributed by atoms with Crippen molar-refractivity contribution in [2.45, 2.75) is 38.1 Å². The molecule has 0 aliphatic carbocycles. The highest BCUT2D eigenvalue weighted by Crippen LogP contribution is 2.29. The maximum absolute atomic E-state index is 5.32. The molecule has 102 valence electrons. The first-order valence-electron chi connectivity index (χ1n) is 6.63. The van der Waals surface area contributed by atoms with Crippen molar-refractivity contribution in [1.82, 2.24) is 15.5 Å². The van der Waals surface area contributed by atoms with Crippen LogP contribution in [-0.2, 0) is 6.42 Å². The van der Waals surface area contributed by atoms with Gasteiger partial charge in [0.25, 0.3) is 0 Å². The van der Waals surface area contributed by atoms with Crippen LogP contribution in [0, 0.1) is 0 Å². The number of hydrogen-bond acceptors (Lipinski definition) is 5. The van der Waals surface area contributed by atoms with Crippen molar-refractivity contribution in [3.05, 3.63) is 21.8 Å². The lowest BCUT2D eigenvalue weighted by atomic mass is 10.0. The fourth-order valence-electron chi connectivity index (χ4n) is 2.36. The Bertz CT molecular complexity index is 533. The largest absolute Gasteiger partial charge is 0.339 e. The standard InChI is InChI=1S/C13H16BrN3OS/c14-11-6-5-10(19-11)13-16-12(18-17-13)7-4-9-3-1-2-8-15-9/h5-6,9,15H,1-4,7-8H2. The van der Waals surface area contributed by atoms with Crippen LogP contribution in [0.4, 0.5) is 0 Å². The second-order valence-corrected chi connectivity index (χ2v) is 7.26. The second kappa shape index (κ2) is 6.15. The summed E-state index contributed by atoms with van der Waals surface area (Å²) in [7, 11) is 0. The summed E-state index contributed by atoms with van der Waals surface area (Å²) >= 11 is 5.06. The number of nitrogens with zero attached hydrogens (tertiary/aromatic N) is 2. The maximum Gasteiger partial charge on any atom is 0.227 e. The van der Waals surface area contributed by atoms with Crippen LogP contribution in [0.3, 0.4) is 0 Å². The monoisotopic (exact) mass is 341 g/mol. The maximum atomic E-state index is 5.32. The average molecular weight is 342 g/mol. The third kappa shape index (κ3) is 3.43. The van der Waals surface area contributed by atoms with Crippen LogP contribution in [0.1, 0.15) is 31.6 Å². The van der Waals surface area contributed by atoms with E-state index in [1.165, 1.54) is 19.3 Å². The molecule has 1 saturated heterocycles. The first-order valence-corrected chi connectivity index (χ1v) is 8.24. The van der Waals surface area contributed by atoms with E-state index in [0.717, 1.165) is 33.9 Å². The van der Waals surface area contributed by atoms with Gasteiger partial charge in [0, 0.05) is 12.5 Å². The molecule has 0 amide bonds. The van der Waals surface area contributed by atoms with E-state index in [1.807, 2.05) is 12.1 Å². The van der Waals surface area contributed by atoms with E-state index in [-0.39, 0.29) is 0 Å². The third-order valence-corrected chi connectivity index (χ3v) is 5.00. The topological polar surface area (TPSA) is 51.0 Å². The van der Waals surface area contributed by atoms with Crippen LogP contribution in [-0.4, -0.2) is 22.7 Å². The van der Waals surface area contributed by atoms with Gasteiger partial charge in [-0.2, -0.15) is 4.98 Å². The molecular weight excluding hydrogens is 326 g/mol. The summed E-state index contributed by atoms with van der Waals surface area (Å²) in [6.07, 6.45) is 5.83. The molecular formula is C13H16BrN3OS. The Hall–Kier alpha value is -0.720. The van der Waals surface area contributed by atoms with Crippen molar-refractivity contribution in [2.75, 3.05) is 6.54 Å². The molecule has 0 radical (unpaired) electrons. The summed E-state index contributed by atoms with van der Waals surface area (Å²) in [4.78, 5) is 5.50. The molecule has 0 aromatic carbocycles. The Morgan fingerprint density at radius 3 is 3.11 bits per heavy atom. The van der Waals surface area contributed by atoms with Crippen molar-refractivity contribution >= 4 is 27.3 Å². The Morgan fingerprint density at radius 1 is 1.42 bits per heavy atom. The van der Waals surface area contributed by atoms with E-state index in [1.54, 1.807) is 11.3 Å². The zero-order valence-corrected chi connectivity index (χ0v) is 13.0. The first kappa shape index (κ1) is 13.3. The predicted octanol–water partition coefficient (Wildman–Crippen LogP) is 3.64.